The molecule has 0 spiro atoms. The molecule has 2 aromatic rings. The Hall–Kier alpha value is -1.50. The third kappa shape index (κ3) is 3.00. The van der Waals surface area contributed by atoms with Crippen LogP contribution in [-0.2, 0) is 0 Å². The standard InChI is InChI=1S/C13H8BrClN2/c14-10-4-5-13(9(6-10)8-16)17-12-3-1-2-11(15)7-12/h1-7,17H. The van der Waals surface area contributed by atoms with Crippen LogP contribution in [0.15, 0.2) is 46.9 Å². The van der Waals surface area contributed by atoms with E-state index < -0.39 is 0 Å². The minimum atomic E-state index is 0.583. The van der Waals surface area contributed by atoms with Gasteiger partial charge in [-0.25, -0.2) is 0 Å². The highest BCUT2D eigenvalue weighted by Gasteiger charge is 2.03. The van der Waals surface area contributed by atoms with E-state index in [1.807, 2.05) is 30.3 Å². The van der Waals surface area contributed by atoms with Gasteiger partial charge in [-0.15, -0.1) is 0 Å². The molecule has 0 saturated carbocycles. The molecule has 2 aromatic carbocycles. The maximum atomic E-state index is 9.04. The molecule has 0 unspecified atom stereocenters. The van der Waals surface area contributed by atoms with Gasteiger partial charge in [-0.3, -0.25) is 0 Å². The summed E-state index contributed by atoms with van der Waals surface area (Å²) >= 11 is 9.23. The van der Waals surface area contributed by atoms with Gasteiger partial charge in [-0.1, -0.05) is 33.6 Å². The van der Waals surface area contributed by atoms with Gasteiger partial charge in [0.25, 0.3) is 0 Å². The molecule has 0 radical (unpaired) electrons. The Balaban J connectivity index is 2.34. The number of anilines is 2. The highest BCUT2D eigenvalue weighted by molar-refractivity contribution is 9.10. The van der Waals surface area contributed by atoms with Crippen molar-refractivity contribution in [1.29, 1.82) is 5.26 Å². The highest BCUT2D eigenvalue weighted by atomic mass is 79.9. The predicted molar refractivity (Wildman–Crippen MR) is 73.6 cm³/mol. The summed E-state index contributed by atoms with van der Waals surface area (Å²) in [6, 6.07) is 15.0. The van der Waals surface area contributed by atoms with Crippen LogP contribution in [0.25, 0.3) is 0 Å². The number of nitrogens with one attached hydrogen (secondary N) is 1. The number of benzene rings is 2. The second-order valence-electron chi connectivity index (χ2n) is 3.44. The lowest BCUT2D eigenvalue weighted by molar-refractivity contribution is 1.45. The third-order valence-electron chi connectivity index (χ3n) is 2.21. The van der Waals surface area contributed by atoms with E-state index in [0.29, 0.717) is 10.6 Å². The molecule has 0 saturated heterocycles. The van der Waals surface area contributed by atoms with Crippen LogP contribution >= 0.6 is 27.5 Å². The van der Waals surface area contributed by atoms with Crippen molar-refractivity contribution in [1.82, 2.24) is 0 Å². The van der Waals surface area contributed by atoms with E-state index in [1.165, 1.54) is 0 Å². The fraction of sp³-hybridized carbons (Fsp3) is 0. The zero-order valence-electron chi connectivity index (χ0n) is 8.74. The Morgan fingerprint density at radius 2 is 2.00 bits per heavy atom. The molecule has 84 valence electrons. The molecule has 2 nitrogen and oxygen atoms in total. The van der Waals surface area contributed by atoms with Gasteiger partial charge in [0.15, 0.2) is 0 Å². The van der Waals surface area contributed by atoms with Gasteiger partial charge < -0.3 is 5.32 Å². The molecule has 0 atom stereocenters. The Morgan fingerprint density at radius 3 is 2.71 bits per heavy atom. The minimum Gasteiger partial charge on any atom is -0.354 e. The highest BCUT2D eigenvalue weighted by Crippen LogP contribution is 2.25. The van der Waals surface area contributed by atoms with E-state index in [0.717, 1.165) is 15.8 Å². The largest absolute Gasteiger partial charge is 0.354 e. The first-order chi connectivity index (χ1) is 8.19. The lowest BCUT2D eigenvalue weighted by Crippen LogP contribution is -1.93. The molecule has 0 aliphatic heterocycles. The smallest absolute Gasteiger partial charge is 0.101 e. The van der Waals surface area contributed by atoms with Crippen molar-refractivity contribution < 1.29 is 0 Å². The van der Waals surface area contributed by atoms with E-state index in [-0.39, 0.29) is 0 Å². The maximum Gasteiger partial charge on any atom is 0.101 e. The van der Waals surface area contributed by atoms with Crippen LogP contribution in [0.2, 0.25) is 5.02 Å². The lowest BCUT2D eigenvalue weighted by atomic mass is 10.2. The van der Waals surface area contributed by atoms with Gasteiger partial charge >= 0.3 is 0 Å². The molecule has 0 heterocycles. The topological polar surface area (TPSA) is 35.8 Å². The molecule has 0 amide bonds. The van der Waals surface area contributed by atoms with E-state index >= 15 is 0 Å². The predicted octanol–water partition coefficient (Wildman–Crippen LogP) is 4.72. The lowest BCUT2D eigenvalue weighted by Gasteiger charge is -2.08. The molecule has 0 aromatic heterocycles. The molecule has 0 aliphatic carbocycles. The van der Waals surface area contributed by atoms with Crippen LogP contribution in [-0.4, -0.2) is 0 Å². The maximum absolute atomic E-state index is 9.04. The Kier molecular flexibility index (Phi) is 3.68. The summed E-state index contributed by atoms with van der Waals surface area (Å²) in [4.78, 5) is 0. The number of hydrogen-bond donors (Lipinski definition) is 1. The van der Waals surface area contributed by atoms with Crippen LogP contribution < -0.4 is 5.32 Å². The first-order valence-electron chi connectivity index (χ1n) is 4.91. The summed E-state index contributed by atoms with van der Waals surface area (Å²) in [6.07, 6.45) is 0. The van der Waals surface area contributed by atoms with Crippen molar-refractivity contribution in [2.45, 2.75) is 0 Å². The zero-order valence-corrected chi connectivity index (χ0v) is 11.1. The monoisotopic (exact) mass is 306 g/mol. The molecule has 2 rings (SSSR count). The van der Waals surface area contributed by atoms with Crippen molar-refractivity contribution in [3.63, 3.8) is 0 Å². The van der Waals surface area contributed by atoms with E-state index in [9.17, 15) is 0 Å². The molecular weight excluding hydrogens is 300 g/mol. The van der Waals surface area contributed by atoms with Gasteiger partial charge in [0.05, 0.1) is 11.3 Å². The average molecular weight is 308 g/mol. The van der Waals surface area contributed by atoms with Gasteiger partial charge in [0.2, 0.25) is 0 Å². The van der Waals surface area contributed by atoms with Crippen LogP contribution in [0.5, 0.6) is 0 Å². The fourth-order valence-electron chi connectivity index (χ4n) is 1.44. The summed E-state index contributed by atoms with van der Waals surface area (Å²) in [5, 5.41) is 12.9. The number of halogens is 2. The summed E-state index contributed by atoms with van der Waals surface area (Å²) in [7, 11) is 0. The molecule has 1 N–H and O–H groups in total. The second kappa shape index (κ2) is 5.22. The van der Waals surface area contributed by atoms with Crippen LogP contribution in [0, 0.1) is 11.3 Å². The van der Waals surface area contributed by atoms with E-state index in [2.05, 4.69) is 27.3 Å². The number of hydrogen-bond acceptors (Lipinski definition) is 2. The van der Waals surface area contributed by atoms with Gasteiger partial charge in [0.1, 0.15) is 6.07 Å². The average Bonchev–Trinajstić information content (AvgIpc) is 2.31. The normalized spacial score (nSPS) is 9.71. The second-order valence-corrected chi connectivity index (χ2v) is 4.79. The number of rotatable bonds is 2. The number of nitrogens with zero attached hydrogens (tertiary/aromatic N) is 1. The first kappa shape index (κ1) is 12.0. The summed E-state index contributed by atoms with van der Waals surface area (Å²) in [5.41, 5.74) is 2.20. The summed E-state index contributed by atoms with van der Waals surface area (Å²) < 4.78 is 0.880. The number of nitriles is 1. The first-order valence-corrected chi connectivity index (χ1v) is 6.08. The Labute approximate surface area is 113 Å². The van der Waals surface area contributed by atoms with Crippen LogP contribution in [0.3, 0.4) is 0 Å². The Morgan fingerprint density at radius 1 is 1.18 bits per heavy atom. The molecule has 17 heavy (non-hydrogen) atoms. The summed E-state index contributed by atoms with van der Waals surface area (Å²) in [6.45, 7) is 0. The van der Waals surface area contributed by atoms with E-state index in [4.69, 9.17) is 16.9 Å². The third-order valence-corrected chi connectivity index (χ3v) is 2.93. The van der Waals surface area contributed by atoms with E-state index in [1.54, 1.807) is 12.1 Å². The van der Waals surface area contributed by atoms with Gasteiger partial charge in [0, 0.05) is 15.2 Å². The summed E-state index contributed by atoms with van der Waals surface area (Å²) in [5.74, 6) is 0. The zero-order chi connectivity index (χ0) is 12.3. The Bertz CT molecular complexity index is 590. The van der Waals surface area contributed by atoms with Crippen LogP contribution in [0.4, 0.5) is 11.4 Å². The van der Waals surface area contributed by atoms with Crippen molar-refractivity contribution >= 4 is 38.9 Å². The fourth-order valence-corrected chi connectivity index (χ4v) is 1.99. The van der Waals surface area contributed by atoms with Gasteiger partial charge in [-0.05, 0) is 36.4 Å². The molecule has 0 fully saturated rings. The van der Waals surface area contributed by atoms with Crippen LogP contribution in [0.1, 0.15) is 5.56 Å². The van der Waals surface area contributed by atoms with Crippen molar-refractivity contribution in [2.24, 2.45) is 0 Å². The SMILES string of the molecule is N#Cc1cc(Br)ccc1Nc1cccc(Cl)c1. The minimum absolute atomic E-state index is 0.583. The molecular formula is C13H8BrClN2. The molecule has 4 heteroatoms. The van der Waals surface area contributed by atoms with Crippen molar-refractivity contribution in [3.8, 4) is 6.07 Å². The van der Waals surface area contributed by atoms with Gasteiger partial charge in [-0.2, -0.15) is 5.26 Å². The molecule has 0 bridgehead atoms. The van der Waals surface area contributed by atoms with Crippen molar-refractivity contribution in [2.75, 3.05) is 5.32 Å². The quantitative estimate of drug-likeness (QED) is 0.871. The van der Waals surface area contributed by atoms with Crippen molar-refractivity contribution in [3.05, 3.63) is 57.5 Å². The molecule has 0 aliphatic rings.